The van der Waals surface area contributed by atoms with E-state index in [4.69, 9.17) is 4.74 Å². The van der Waals surface area contributed by atoms with Gasteiger partial charge in [0.1, 0.15) is 5.75 Å². The van der Waals surface area contributed by atoms with Crippen LogP contribution in [0.5, 0.6) is 5.75 Å². The van der Waals surface area contributed by atoms with Crippen molar-refractivity contribution in [2.24, 2.45) is 0 Å². The van der Waals surface area contributed by atoms with Gasteiger partial charge in [-0.05, 0) is 12.1 Å². The minimum atomic E-state index is -0.766. The number of hydrogen-bond acceptors (Lipinski definition) is 4. The molecule has 112 valence electrons. The summed E-state index contributed by atoms with van der Waals surface area (Å²) in [5, 5.41) is 12.2. The molecule has 0 radical (unpaired) electrons. The van der Waals surface area contributed by atoms with E-state index in [0.29, 0.717) is 17.0 Å². The van der Waals surface area contributed by atoms with E-state index in [0.717, 1.165) is 6.08 Å². The molecule has 0 aliphatic carbocycles. The van der Waals surface area contributed by atoms with Gasteiger partial charge in [0.2, 0.25) is 0 Å². The molecule has 22 heavy (non-hydrogen) atoms. The first kappa shape index (κ1) is 15.3. The van der Waals surface area contributed by atoms with Crippen LogP contribution in [0, 0.1) is 0 Å². The van der Waals surface area contributed by atoms with Crippen molar-refractivity contribution in [1.82, 2.24) is 0 Å². The lowest BCUT2D eigenvalue weighted by Crippen LogP contribution is -2.15. The van der Waals surface area contributed by atoms with E-state index < -0.39 is 17.4 Å². The lowest BCUT2D eigenvalue weighted by atomic mass is 10.1. The van der Waals surface area contributed by atoms with Crippen molar-refractivity contribution in [2.45, 2.75) is 0 Å². The topological polar surface area (TPSA) is 75.6 Å². The molecule has 2 N–H and O–H groups in total. The quantitative estimate of drug-likeness (QED) is 0.505. The van der Waals surface area contributed by atoms with E-state index in [9.17, 15) is 14.7 Å². The van der Waals surface area contributed by atoms with Crippen LogP contribution in [0.3, 0.4) is 0 Å². The average molecular weight is 297 g/mol. The second kappa shape index (κ2) is 7.08. The van der Waals surface area contributed by atoms with Crippen LogP contribution < -0.4 is 10.1 Å². The number of ketones is 1. The number of carbonyl (C=O) groups excluding carboxylic acids is 2. The number of nitrogens with one attached hydrogen (secondary N) is 1. The molecule has 0 aliphatic heterocycles. The molecule has 2 aromatic carbocycles. The fourth-order valence-corrected chi connectivity index (χ4v) is 1.77. The molecule has 0 bridgehead atoms. The summed E-state index contributed by atoms with van der Waals surface area (Å²) >= 11 is 0. The van der Waals surface area contributed by atoms with Gasteiger partial charge in [-0.3, -0.25) is 9.59 Å². The number of allylic oxidation sites excluding steroid dienone is 1. The summed E-state index contributed by atoms with van der Waals surface area (Å²) < 4.78 is 5.04. The standard InChI is InChI=1S/C17H15NO4/c1-22-14-9-5-8-13(10-14)18-17(21)16(20)11-15(19)12-6-3-2-4-7-12/h2-11,20H,1H3,(H,18,21)/b16-11-. The van der Waals surface area contributed by atoms with Crippen molar-refractivity contribution >= 4 is 17.4 Å². The predicted molar refractivity (Wildman–Crippen MR) is 83.1 cm³/mol. The van der Waals surface area contributed by atoms with E-state index >= 15 is 0 Å². The Morgan fingerprint density at radius 2 is 1.82 bits per heavy atom. The summed E-state index contributed by atoms with van der Waals surface area (Å²) in [6.07, 6.45) is 0.894. The molecule has 2 rings (SSSR count). The Bertz CT molecular complexity index is 708. The van der Waals surface area contributed by atoms with Crippen LogP contribution in [0.25, 0.3) is 0 Å². The first-order valence-electron chi connectivity index (χ1n) is 6.55. The smallest absolute Gasteiger partial charge is 0.290 e. The number of hydrogen-bond donors (Lipinski definition) is 2. The Balaban J connectivity index is 2.08. The molecule has 0 fully saturated rings. The fraction of sp³-hybridized carbons (Fsp3) is 0.0588. The van der Waals surface area contributed by atoms with Gasteiger partial charge in [-0.2, -0.15) is 0 Å². The van der Waals surface area contributed by atoms with Gasteiger partial charge in [-0.1, -0.05) is 36.4 Å². The van der Waals surface area contributed by atoms with Crippen LogP contribution >= 0.6 is 0 Å². The summed E-state index contributed by atoms with van der Waals surface area (Å²) in [4.78, 5) is 23.7. The first-order chi connectivity index (χ1) is 10.6. The molecule has 5 nitrogen and oxygen atoms in total. The molecular formula is C17H15NO4. The highest BCUT2D eigenvalue weighted by Gasteiger charge is 2.11. The van der Waals surface area contributed by atoms with Crippen LogP contribution in [0.2, 0.25) is 0 Å². The summed E-state index contributed by atoms with van der Waals surface area (Å²) in [6.45, 7) is 0. The van der Waals surface area contributed by atoms with Gasteiger partial charge in [0.25, 0.3) is 5.91 Å². The van der Waals surface area contributed by atoms with E-state index in [1.54, 1.807) is 54.6 Å². The predicted octanol–water partition coefficient (Wildman–Crippen LogP) is 2.96. The van der Waals surface area contributed by atoms with Gasteiger partial charge in [0, 0.05) is 23.4 Å². The lowest BCUT2D eigenvalue weighted by molar-refractivity contribution is -0.115. The van der Waals surface area contributed by atoms with Crippen LogP contribution in [-0.2, 0) is 4.79 Å². The Labute approximate surface area is 127 Å². The number of ether oxygens (including phenoxy) is 1. The number of benzene rings is 2. The van der Waals surface area contributed by atoms with Crippen molar-refractivity contribution in [3.63, 3.8) is 0 Å². The zero-order valence-corrected chi connectivity index (χ0v) is 11.9. The molecule has 0 spiro atoms. The van der Waals surface area contributed by atoms with E-state index in [1.165, 1.54) is 7.11 Å². The van der Waals surface area contributed by atoms with E-state index in [1.807, 2.05) is 0 Å². The average Bonchev–Trinajstić information content (AvgIpc) is 2.55. The zero-order valence-electron chi connectivity index (χ0n) is 11.9. The van der Waals surface area contributed by atoms with Gasteiger partial charge in [-0.25, -0.2) is 0 Å². The molecule has 0 aromatic heterocycles. The molecule has 1 amide bonds. The molecular weight excluding hydrogens is 282 g/mol. The number of methoxy groups -OCH3 is 1. The summed E-state index contributed by atoms with van der Waals surface area (Å²) in [5.74, 6) is -1.30. The lowest BCUT2D eigenvalue weighted by Gasteiger charge is -2.06. The Morgan fingerprint density at radius 1 is 1.09 bits per heavy atom. The first-order valence-corrected chi connectivity index (χ1v) is 6.55. The highest BCUT2D eigenvalue weighted by molar-refractivity contribution is 6.11. The SMILES string of the molecule is COc1cccc(NC(=O)/C(O)=C/C(=O)c2ccccc2)c1. The van der Waals surface area contributed by atoms with Crippen molar-refractivity contribution in [1.29, 1.82) is 0 Å². The summed E-state index contributed by atoms with van der Waals surface area (Å²) in [6, 6.07) is 15.1. The summed E-state index contributed by atoms with van der Waals surface area (Å²) in [5.41, 5.74) is 0.847. The fourth-order valence-electron chi connectivity index (χ4n) is 1.77. The molecule has 0 atom stereocenters. The molecule has 0 saturated carbocycles. The van der Waals surface area contributed by atoms with Crippen LogP contribution in [-0.4, -0.2) is 23.9 Å². The van der Waals surface area contributed by atoms with Gasteiger partial charge < -0.3 is 15.2 Å². The van der Waals surface area contributed by atoms with Crippen molar-refractivity contribution < 1.29 is 19.4 Å². The van der Waals surface area contributed by atoms with Gasteiger partial charge in [0.05, 0.1) is 7.11 Å². The van der Waals surface area contributed by atoms with Crippen LogP contribution in [0.4, 0.5) is 5.69 Å². The monoisotopic (exact) mass is 297 g/mol. The maximum absolute atomic E-state index is 11.9. The Kier molecular flexibility index (Phi) is 4.93. The normalized spacial score (nSPS) is 10.9. The molecule has 0 aliphatic rings. The van der Waals surface area contributed by atoms with Gasteiger partial charge in [-0.15, -0.1) is 0 Å². The number of aliphatic hydroxyl groups excluding tert-OH is 1. The largest absolute Gasteiger partial charge is 0.503 e. The van der Waals surface area contributed by atoms with Crippen LogP contribution in [0.15, 0.2) is 66.4 Å². The van der Waals surface area contributed by atoms with Crippen molar-refractivity contribution in [2.75, 3.05) is 12.4 Å². The molecule has 5 heteroatoms. The summed E-state index contributed by atoms with van der Waals surface area (Å²) in [7, 11) is 1.51. The third-order valence-corrected chi connectivity index (χ3v) is 2.89. The Hall–Kier alpha value is -3.08. The number of amides is 1. The van der Waals surface area contributed by atoms with E-state index in [-0.39, 0.29) is 0 Å². The highest BCUT2D eigenvalue weighted by Crippen LogP contribution is 2.17. The molecule has 2 aromatic rings. The number of rotatable bonds is 5. The minimum Gasteiger partial charge on any atom is -0.503 e. The minimum absolute atomic E-state index is 0.392. The molecule has 0 saturated heterocycles. The highest BCUT2D eigenvalue weighted by atomic mass is 16.5. The number of aliphatic hydroxyl groups is 1. The second-order valence-electron chi connectivity index (χ2n) is 4.45. The zero-order chi connectivity index (χ0) is 15.9. The van der Waals surface area contributed by atoms with Crippen molar-refractivity contribution in [3.8, 4) is 5.75 Å². The molecule has 0 unspecified atom stereocenters. The van der Waals surface area contributed by atoms with Crippen LogP contribution in [0.1, 0.15) is 10.4 Å². The van der Waals surface area contributed by atoms with E-state index in [2.05, 4.69) is 5.32 Å². The second-order valence-corrected chi connectivity index (χ2v) is 4.45. The number of carbonyl (C=O) groups is 2. The van der Waals surface area contributed by atoms with Gasteiger partial charge in [0.15, 0.2) is 11.5 Å². The number of anilines is 1. The van der Waals surface area contributed by atoms with Gasteiger partial charge >= 0.3 is 0 Å². The maximum Gasteiger partial charge on any atom is 0.290 e. The molecule has 0 heterocycles. The third kappa shape index (κ3) is 3.96. The van der Waals surface area contributed by atoms with Crippen molar-refractivity contribution in [3.05, 3.63) is 72.0 Å². The third-order valence-electron chi connectivity index (χ3n) is 2.89. The maximum atomic E-state index is 11.9. The Morgan fingerprint density at radius 3 is 2.50 bits per heavy atom.